The smallest absolute Gasteiger partial charge is 0.260 e. The number of phenolic OH excluding ortho intramolecular Hbond substituents is 1. The van der Waals surface area contributed by atoms with Gasteiger partial charge in [0.2, 0.25) is 0 Å². The Morgan fingerprint density at radius 3 is 2.62 bits per heavy atom. The topological polar surface area (TPSA) is 78.9 Å². The summed E-state index contributed by atoms with van der Waals surface area (Å²) in [4.78, 5) is 26.0. The average Bonchev–Trinajstić information content (AvgIpc) is 2.58. The van der Waals surface area contributed by atoms with Gasteiger partial charge in [-0.05, 0) is 23.8 Å². The monoisotopic (exact) mass is 348 g/mol. The number of hydrogen-bond acceptors (Lipinski definition) is 5. The van der Waals surface area contributed by atoms with E-state index in [2.05, 4.69) is 5.32 Å². The number of hydrogen-bond donors (Lipinski definition) is 2. The summed E-state index contributed by atoms with van der Waals surface area (Å²) in [5.41, 5.74) is 2.57. The van der Waals surface area contributed by atoms with Crippen LogP contribution in [-0.2, 0) is 11.3 Å². The maximum absolute atomic E-state index is 12.3. The van der Waals surface area contributed by atoms with Gasteiger partial charge in [0.1, 0.15) is 7.85 Å². The van der Waals surface area contributed by atoms with Gasteiger partial charge in [-0.2, -0.15) is 0 Å². The second-order valence-corrected chi connectivity index (χ2v) is 6.05. The minimum Gasteiger partial charge on any atom is -0.504 e. The molecule has 0 aliphatic carbocycles. The van der Waals surface area contributed by atoms with E-state index in [9.17, 15) is 14.7 Å². The number of carbonyl (C=O) groups is 2. The van der Waals surface area contributed by atoms with Gasteiger partial charge in [-0.15, -0.1) is 0 Å². The van der Waals surface area contributed by atoms with Crippen LogP contribution in [0.4, 0.5) is 0 Å². The van der Waals surface area contributed by atoms with Crippen molar-refractivity contribution >= 4 is 30.7 Å². The van der Waals surface area contributed by atoms with E-state index < -0.39 is 11.8 Å². The van der Waals surface area contributed by atoms with Crippen molar-refractivity contribution in [3.05, 3.63) is 59.3 Å². The van der Waals surface area contributed by atoms with Gasteiger partial charge in [-0.3, -0.25) is 14.9 Å². The molecule has 1 aliphatic heterocycles. The van der Waals surface area contributed by atoms with E-state index in [0.717, 1.165) is 5.56 Å². The Morgan fingerprint density at radius 1 is 1.15 bits per heavy atom. The van der Waals surface area contributed by atoms with E-state index in [1.54, 1.807) is 48.5 Å². The van der Waals surface area contributed by atoms with Crippen molar-refractivity contribution in [2.45, 2.75) is 6.54 Å². The van der Waals surface area contributed by atoms with Crippen molar-refractivity contribution in [3.63, 3.8) is 0 Å². The Balaban J connectivity index is 1.90. The molecule has 1 heterocycles. The number of imide groups is 1. The molecule has 130 valence electrons. The number of aromatic hydroxyl groups is 1. The maximum Gasteiger partial charge on any atom is 0.260 e. The first kappa shape index (κ1) is 17.6. The molecular formula is C19H17BN2O4. The highest BCUT2D eigenvalue weighted by molar-refractivity contribution is 6.35. The molecule has 1 aliphatic rings. The van der Waals surface area contributed by atoms with Crippen molar-refractivity contribution in [2.75, 3.05) is 14.2 Å². The first-order valence-electron chi connectivity index (χ1n) is 7.92. The second kappa shape index (κ2) is 6.96. The molecule has 0 atom stereocenters. The number of amides is 2. The lowest BCUT2D eigenvalue weighted by Gasteiger charge is -2.22. The Kier molecular flexibility index (Phi) is 4.71. The van der Waals surface area contributed by atoms with E-state index in [1.165, 1.54) is 7.11 Å². The molecule has 2 N–H and O–H groups in total. The molecule has 2 aromatic carbocycles. The van der Waals surface area contributed by atoms with Crippen LogP contribution in [0.15, 0.2) is 42.6 Å². The Morgan fingerprint density at radius 2 is 1.92 bits per heavy atom. The van der Waals surface area contributed by atoms with Gasteiger partial charge < -0.3 is 14.7 Å². The number of nitrogens with one attached hydrogen (secondary N) is 1. The summed E-state index contributed by atoms with van der Waals surface area (Å²) in [5.74, 6) is -0.475. The predicted molar refractivity (Wildman–Crippen MR) is 98.4 cm³/mol. The maximum atomic E-state index is 12.3. The predicted octanol–water partition coefficient (Wildman–Crippen LogP) is 0.938. The standard InChI is InChI=1S/C19H17BN2O4/c1-22(9-11-3-6-17(26-2)16(23)7-11)10-15-14-8-12(20)4-5-13(14)18(24)21-19(15)25/h3-8,10,23H,9H2,1-2H3,(H,21,24,25)/b15-10-. The summed E-state index contributed by atoms with van der Waals surface area (Å²) in [6.07, 6.45) is 1.65. The van der Waals surface area contributed by atoms with E-state index in [1.807, 2.05) is 6.07 Å². The molecular weight excluding hydrogens is 331 g/mol. The van der Waals surface area contributed by atoms with E-state index in [0.29, 0.717) is 34.5 Å². The second-order valence-electron chi connectivity index (χ2n) is 6.05. The first-order valence-corrected chi connectivity index (χ1v) is 7.92. The van der Waals surface area contributed by atoms with Gasteiger partial charge in [0.15, 0.2) is 11.5 Å². The molecule has 2 amide bonds. The zero-order valence-electron chi connectivity index (χ0n) is 14.4. The lowest BCUT2D eigenvalue weighted by atomic mass is 9.87. The largest absolute Gasteiger partial charge is 0.504 e. The number of benzene rings is 2. The molecule has 0 saturated heterocycles. The van der Waals surface area contributed by atoms with Gasteiger partial charge in [0, 0.05) is 30.9 Å². The van der Waals surface area contributed by atoms with Crippen molar-refractivity contribution in [1.29, 1.82) is 0 Å². The third-order valence-electron chi connectivity index (χ3n) is 4.07. The van der Waals surface area contributed by atoms with Crippen LogP contribution < -0.4 is 15.5 Å². The molecule has 0 saturated carbocycles. The van der Waals surface area contributed by atoms with Gasteiger partial charge in [0.25, 0.3) is 11.8 Å². The summed E-state index contributed by atoms with van der Waals surface area (Å²) in [5, 5.41) is 12.2. The lowest BCUT2D eigenvalue weighted by Crippen LogP contribution is -2.37. The highest BCUT2D eigenvalue weighted by Gasteiger charge is 2.27. The normalized spacial score (nSPS) is 14.8. The van der Waals surface area contributed by atoms with Crippen LogP contribution in [-0.4, -0.2) is 43.8 Å². The zero-order valence-corrected chi connectivity index (χ0v) is 14.4. The highest BCUT2D eigenvalue weighted by atomic mass is 16.5. The molecule has 0 aromatic heterocycles. The lowest BCUT2D eigenvalue weighted by molar-refractivity contribution is -0.114. The highest BCUT2D eigenvalue weighted by Crippen LogP contribution is 2.27. The first-order chi connectivity index (χ1) is 12.4. The number of methoxy groups -OCH3 is 1. The molecule has 2 aromatic rings. The van der Waals surface area contributed by atoms with Crippen molar-refractivity contribution in [3.8, 4) is 11.5 Å². The molecule has 2 radical (unpaired) electrons. The minimum absolute atomic E-state index is 0.0465. The molecule has 7 heteroatoms. The summed E-state index contributed by atoms with van der Waals surface area (Å²) in [6.45, 7) is 0.444. The molecule has 0 spiro atoms. The van der Waals surface area contributed by atoms with Crippen LogP contribution in [0.25, 0.3) is 5.57 Å². The number of rotatable bonds is 4. The third-order valence-corrected chi connectivity index (χ3v) is 4.07. The summed E-state index contributed by atoms with van der Waals surface area (Å²) < 4.78 is 5.03. The van der Waals surface area contributed by atoms with Crippen LogP contribution >= 0.6 is 0 Å². The van der Waals surface area contributed by atoms with Crippen molar-refractivity contribution in [2.24, 2.45) is 0 Å². The quantitative estimate of drug-likeness (QED) is 0.488. The Hall–Kier alpha value is -3.22. The van der Waals surface area contributed by atoms with Gasteiger partial charge >= 0.3 is 0 Å². The average molecular weight is 348 g/mol. The number of carbonyl (C=O) groups excluding carboxylic acids is 2. The molecule has 0 fully saturated rings. The van der Waals surface area contributed by atoms with Crippen LogP contribution in [0.1, 0.15) is 21.5 Å². The molecule has 0 bridgehead atoms. The van der Waals surface area contributed by atoms with Crippen LogP contribution in [0.3, 0.4) is 0 Å². The molecule has 3 rings (SSSR count). The van der Waals surface area contributed by atoms with E-state index >= 15 is 0 Å². The van der Waals surface area contributed by atoms with Crippen molar-refractivity contribution < 1.29 is 19.4 Å². The number of ether oxygens (including phenoxy) is 1. The number of phenols is 1. The number of fused-ring (bicyclic) bond motifs is 1. The SMILES string of the molecule is [B]c1ccc2c(c1)/C(=C/N(C)Cc1ccc(OC)c(O)c1)C(=O)NC2=O. The van der Waals surface area contributed by atoms with Gasteiger partial charge in [-0.25, -0.2) is 0 Å². The zero-order chi connectivity index (χ0) is 18.8. The fraction of sp³-hybridized carbons (Fsp3) is 0.158. The van der Waals surface area contributed by atoms with E-state index in [-0.39, 0.29) is 5.75 Å². The van der Waals surface area contributed by atoms with Crippen LogP contribution in [0.5, 0.6) is 11.5 Å². The Bertz CT molecular complexity index is 924. The molecule has 0 unspecified atom stereocenters. The third kappa shape index (κ3) is 3.42. The Labute approximate surface area is 152 Å². The summed E-state index contributed by atoms with van der Waals surface area (Å²) in [7, 11) is 9.09. The van der Waals surface area contributed by atoms with Gasteiger partial charge in [-0.1, -0.05) is 23.7 Å². The fourth-order valence-electron chi connectivity index (χ4n) is 2.86. The summed E-state index contributed by atoms with van der Waals surface area (Å²) in [6, 6.07) is 9.93. The van der Waals surface area contributed by atoms with Crippen LogP contribution in [0.2, 0.25) is 0 Å². The molecule has 6 nitrogen and oxygen atoms in total. The van der Waals surface area contributed by atoms with Crippen molar-refractivity contribution in [1.82, 2.24) is 10.2 Å². The molecule has 26 heavy (non-hydrogen) atoms. The van der Waals surface area contributed by atoms with E-state index in [4.69, 9.17) is 12.6 Å². The number of nitrogens with zero attached hydrogens (tertiary/aromatic N) is 1. The van der Waals surface area contributed by atoms with Crippen LogP contribution in [0, 0.1) is 0 Å². The fourth-order valence-corrected chi connectivity index (χ4v) is 2.86. The summed E-state index contributed by atoms with van der Waals surface area (Å²) >= 11 is 0. The minimum atomic E-state index is -0.475. The van der Waals surface area contributed by atoms with Gasteiger partial charge in [0.05, 0.1) is 12.7 Å².